The van der Waals surface area contributed by atoms with Crippen molar-refractivity contribution in [1.29, 1.82) is 0 Å². The Morgan fingerprint density at radius 3 is 2.12 bits per heavy atom. The van der Waals surface area contributed by atoms with Crippen LogP contribution in [0.5, 0.6) is 0 Å². The molecule has 0 aliphatic rings. The Morgan fingerprint density at radius 1 is 1.04 bits per heavy atom. The summed E-state index contributed by atoms with van der Waals surface area (Å²) in [4.78, 5) is 48.2. The number of amides is 1. The van der Waals surface area contributed by atoms with Gasteiger partial charge < -0.3 is 10.1 Å². The third-order valence-corrected chi connectivity index (χ3v) is 4.52. The number of halogens is 1. The Balaban J connectivity index is 4.87. The van der Waals surface area contributed by atoms with Crippen LogP contribution >= 0.6 is 0 Å². The summed E-state index contributed by atoms with van der Waals surface area (Å²) in [6.45, 7) is 6.49. The number of ketones is 2. The number of hydrogen-bond donors (Lipinski definition) is 1. The second kappa shape index (κ2) is 12.5. The summed E-state index contributed by atoms with van der Waals surface area (Å²) in [5.74, 6) is -2.44. The molecule has 150 valence electrons. The largest absolute Gasteiger partial charge is 0.469 e. The summed E-state index contributed by atoms with van der Waals surface area (Å²) in [7, 11) is 1.23. The van der Waals surface area contributed by atoms with Crippen molar-refractivity contribution < 1.29 is 28.3 Å². The fraction of sp³-hybridized carbons (Fsp3) is 0.789. The van der Waals surface area contributed by atoms with Crippen molar-refractivity contribution in [2.75, 3.05) is 13.8 Å². The zero-order valence-corrected chi connectivity index (χ0v) is 16.5. The monoisotopic (exact) mass is 373 g/mol. The van der Waals surface area contributed by atoms with Gasteiger partial charge in [-0.2, -0.15) is 0 Å². The number of carbonyl (C=O) groups is 4. The molecule has 0 heterocycles. The lowest BCUT2D eigenvalue weighted by Crippen LogP contribution is -2.44. The highest BCUT2D eigenvalue weighted by molar-refractivity contribution is 5.94. The normalized spacial score (nSPS) is 14.4. The van der Waals surface area contributed by atoms with Gasteiger partial charge in [-0.25, -0.2) is 0 Å². The highest BCUT2D eigenvalue weighted by atomic mass is 19.1. The molecule has 1 N–H and O–H groups in total. The second-order valence-corrected chi connectivity index (χ2v) is 6.88. The summed E-state index contributed by atoms with van der Waals surface area (Å²) < 4.78 is 17.0. The first-order valence-electron chi connectivity index (χ1n) is 9.16. The molecule has 3 unspecified atom stereocenters. The van der Waals surface area contributed by atoms with Crippen LogP contribution in [0.25, 0.3) is 0 Å². The van der Waals surface area contributed by atoms with Gasteiger partial charge in [0, 0.05) is 24.7 Å². The van der Waals surface area contributed by atoms with Crippen LogP contribution in [0.15, 0.2) is 0 Å². The number of nitrogens with one attached hydrogen (secondary N) is 1. The zero-order valence-electron chi connectivity index (χ0n) is 16.5. The van der Waals surface area contributed by atoms with E-state index in [2.05, 4.69) is 10.1 Å². The van der Waals surface area contributed by atoms with Gasteiger partial charge in [0.25, 0.3) is 0 Å². The predicted molar refractivity (Wildman–Crippen MR) is 96.2 cm³/mol. The van der Waals surface area contributed by atoms with E-state index in [4.69, 9.17) is 0 Å². The molecule has 0 fully saturated rings. The quantitative estimate of drug-likeness (QED) is 0.501. The van der Waals surface area contributed by atoms with E-state index >= 15 is 0 Å². The molecule has 0 aliphatic heterocycles. The summed E-state index contributed by atoms with van der Waals surface area (Å²) in [5.41, 5.74) is 0. The lowest BCUT2D eigenvalue weighted by Gasteiger charge is -2.23. The molecule has 0 aromatic heterocycles. The van der Waals surface area contributed by atoms with Crippen molar-refractivity contribution in [3.05, 3.63) is 0 Å². The highest BCUT2D eigenvalue weighted by Gasteiger charge is 2.29. The Labute approximate surface area is 155 Å². The Hall–Kier alpha value is -1.79. The fourth-order valence-corrected chi connectivity index (χ4v) is 2.76. The van der Waals surface area contributed by atoms with E-state index in [1.807, 2.05) is 13.8 Å². The molecule has 0 radical (unpaired) electrons. The van der Waals surface area contributed by atoms with Crippen LogP contribution in [0.1, 0.15) is 59.8 Å². The molecular weight excluding hydrogens is 341 g/mol. The number of hydrogen-bond acceptors (Lipinski definition) is 5. The van der Waals surface area contributed by atoms with Gasteiger partial charge in [0.15, 0.2) is 5.78 Å². The molecule has 0 saturated heterocycles. The lowest BCUT2D eigenvalue weighted by molar-refractivity contribution is -0.144. The number of ether oxygens (including phenoxy) is 1. The van der Waals surface area contributed by atoms with Gasteiger partial charge in [0.2, 0.25) is 5.91 Å². The third kappa shape index (κ3) is 8.54. The number of carbonyl (C=O) groups excluding carboxylic acids is 4. The first-order valence-corrected chi connectivity index (χ1v) is 9.16. The molecule has 0 aromatic rings. The van der Waals surface area contributed by atoms with Crippen LogP contribution < -0.4 is 5.32 Å². The molecule has 0 saturated carbocycles. The third-order valence-electron chi connectivity index (χ3n) is 4.52. The first kappa shape index (κ1) is 24.2. The van der Waals surface area contributed by atoms with Gasteiger partial charge in [-0.05, 0) is 25.7 Å². The average molecular weight is 373 g/mol. The van der Waals surface area contributed by atoms with Crippen LogP contribution in [-0.4, -0.2) is 43.3 Å². The predicted octanol–water partition coefficient (Wildman–Crippen LogP) is 2.63. The van der Waals surface area contributed by atoms with Crippen LogP contribution in [0, 0.1) is 17.8 Å². The molecule has 7 heteroatoms. The van der Waals surface area contributed by atoms with Crippen LogP contribution in [0.2, 0.25) is 0 Å². The molecule has 0 bridgehead atoms. The van der Waals surface area contributed by atoms with Gasteiger partial charge >= 0.3 is 5.97 Å². The van der Waals surface area contributed by atoms with Crippen molar-refractivity contribution in [2.24, 2.45) is 17.8 Å². The summed E-state index contributed by atoms with van der Waals surface area (Å²) in [6.07, 6.45) is 0.653. The highest BCUT2D eigenvalue weighted by Crippen LogP contribution is 2.19. The Morgan fingerprint density at radius 2 is 1.65 bits per heavy atom. The lowest BCUT2D eigenvalue weighted by atomic mass is 9.89. The van der Waals surface area contributed by atoms with E-state index in [1.165, 1.54) is 7.11 Å². The van der Waals surface area contributed by atoms with Crippen molar-refractivity contribution in [1.82, 2.24) is 5.32 Å². The van der Waals surface area contributed by atoms with E-state index in [1.54, 1.807) is 13.8 Å². The summed E-state index contributed by atoms with van der Waals surface area (Å²) in [5, 5.41) is 2.66. The second-order valence-electron chi connectivity index (χ2n) is 6.88. The minimum atomic E-state index is -0.779. The molecule has 3 atom stereocenters. The maximum atomic E-state index is 12.4. The Kier molecular flexibility index (Phi) is 11.7. The minimum absolute atomic E-state index is 0.0256. The zero-order chi connectivity index (χ0) is 20.3. The summed E-state index contributed by atoms with van der Waals surface area (Å²) >= 11 is 0. The minimum Gasteiger partial charge on any atom is -0.469 e. The van der Waals surface area contributed by atoms with E-state index in [-0.39, 0.29) is 48.6 Å². The van der Waals surface area contributed by atoms with Crippen LogP contribution in [0.4, 0.5) is 4.39 Å². The molecule has 6 nitrogen and oxygen atoms in total. The molecule has 0 aromatic carbocycles. The number of methoxy groups -OCH3 is 1. The number of rotatable bonds is 13. The molecular formula is C19H32FNO5. The van der Waals surface area contributed by atoms with Crippen molar-refractivity contribution >= 4 is 23.4 Å². The van der Waals surface area contributed by atoms with Crippen molar-refractivity contribution in [3.8, 4) is 0 Å². The van der Waals surface area contributed by atoms with Gasteiger partial charge in [-0.15, -0.1) is 0 Å². The fourth-order valence-electron chi connectivity index (χ4n) is 2.76. The standard InChI is InChI=1S/C19H32FNO5/c1-6-16(22)14(11-18(24)26-5)10-17(23)13(4)21-19(25)15(12(2)3)8-7-9-20/h12-15H,6-11H2,1-5H3,(H,21,25). The first-order chi connectivity index (χ1) is 12.2. The van der Waals surface area contributed by atoms with Gasteiger partial charge in [-0.3, -0.25) is 23.6 Å². The maximum absolute atomic E-state index is 12.4. The SMILES string of the molecule is CCC(=O)C(CC(=O)OC)CC(=O)C(C)NC(=O)C(CCCF)C(C)C. The average Bonchev–Trinajstić information content (AvgIpc) is 2.59. The van der Waals surface area contributed by atoms with E-state index < -0.39 is 24.6 Å². The van der Waals surface area contributed by atoms with E-state index in [0.29, 0.717) is 12.8 Å². The summed E-state index contributed by atoms with van der Waals surface area (Å²) in [6, 6.07) is -0.779. The number of Topliss-reactive ketones (excluding diaryl/α,β-unsaturated/α-hetero) is 2. The molecule has 0 spiro atoms. The maximum Gasteiger partial charge on any atom is 0.306 e. The van der Waals surface area contributed by atoms with Crippen LogP contribution in [-0.2, 0) is 23.9 Å². The van der Waals surface area contributed by atoms with Gasteiger partial charge in [0.05, 0.1) is 26.2 Å². The van der Waals surface area contributed by atoms with E-state index in [0.717, 1.165) is 0 Å². The van der Waals surface area contributed by atoms with Crippen molar-refractivity contribution in [3.63, 3.8) is 0 Å². The molecule has 1 amide bonds. The van der Waals surface area contributed by atoms with Gasteiger partial charge in [0.1, 0.15) is 5.78 Å². The number of alkyl halides is 1. The molecule has 26 heavy (non-hydrogen) atoms. The molecule has 0 rings (SSSR count). The van der Waals surface area contributed by atoms with E-state index in [9.17, 15) is 23.6 Å². The molecule has 0 aliphatic carbocycles. The van der Waals surface area contributed by atoms with Gasteiger partial charge in [-0.1, -0.05) is 20.8 Å². The topological polar surface area (TPSA) is 89.5 Å². The van der Waals surface area contributed by atoms with Crippen LogP contribution in [0.3, 0.4) is 0 Å². The van der Waals surface area contributed by atoms with Crippen molar-refractivity contribution in [2.45, 2.75) is 65.8 Å². The Bertz CT molecular complexity index is 492. The smallest absolute Gasteiger partial charge is 0.306 e. The number of esters is 1.